The van der Waals surface area contributed by atoms with Gasteiger partial charge in [-0.2, -0.15) is 0 Å². The molecule has 3 rings (SSSR count). The van der Waals surface area contributed by atoms with Crippen molar-refractivity contribution < 1.29 is 14.3 Å². The van der Waals surface area contributed by atoms with Gasteiger partial charge in [0.2, 0.25) is 0 Å². The zero-order chi connectivity index (χ0) is 19.3. The van der Waals surface area contributed by atoms with E-state index in [1.807, 2.05) is 39.1 Å². The molecule has 0 aliphatic carbocycles. The molecule has 1 aromatic rings. The summed E-state index contributed by atoms with van der Waals surface area (Å²) in [6.45, 7) is 11.2. The van der Waals surface area contributed by atoms with Gasteiger partial charge in [-0.1, -0.05) is 0 Å². The van der Waals surface area contributed by atoms with Crippen molar-refractivity contribution in [3.8, 4) is 5.75 Å². The molecule has 2 aliphatic rings. The molecule has 0 aromatic carbocycles. The second-order valence-corrected chi connectivity index (χ2v) is 8.53. The third-order valence-electron chi connectivity index (χ3n) is 5.20. The summed E-state index contributed by atoms with van der Waals surface area (Å²) in [5, 5.41) is 0. The second-order valence-electron chi connectivity index (χ2n) is 8.53. The Morgan fingerprint density at radius 2 is 1.89 bits per heavy atom. The van der Waals surface area contributed by atoms with Gasteiger partial charge in [0.1, 0.15) is 18.0 Å². The van der Waals surface area contributed by atoms with Gasteiger partial charge in [-0.15, -0.1) is 0 Å². The molecule has 0 N–H and O–H groups in total. The number of carbonyl (C=O) groups is 1. The molecule has 0 saturated carbocycles. The van der Waals surface area contributed by atoms with E-state index >= 15 is 0 Å². The molecule has 1 aromatic heterocycles. The van der Waals surface area contributed by atoms with Gasteiger partial charge in [-0.25, -0.2) is 4.79 Å². The molecule has 0 bridgehead atoms. The van der Waals surface area contributed by atoms with E-state index in [1.165, 1.54) is 25.9 Å². The van der Waals surface area contributed by atoms with Crippen LogP contribution in [-0.4, -0.2) is 65.8 Å². The van der Waals surface area contributed by atoms with Gasteiger partial charge >= 0.3 is 6.09 Å². The molecule has 0 unspecified atom stereocenters. The lowest BCUT2D eigenvalue weighted by atomic mass is 9.92. The molecule has 0 spiro atoms. The van der Waals surface area contributed by atoms with Gasteiger partial charge < -0.3 is 14.4 Å². The van der Waals surface area contributed by atoms with E-state index < -0.39 is 5.60 Å². The standard InChI is InChI=1S/C21H33N3O3/c1-21(2,3)27-20(25)24-13-8-17(9-14-24)19-18(7-6-10-22-19)26-16-15-23-11-4-5-12-23/h6-7,10,17H,4-5,8-9,11-16H2,1-3H3. The Morgan fingerprint density at radius 1 is 1.19 bits per heavy atom. The van der Waals surface area contributed by atoms with Crippen molar-refractivity contribution in [3.05, 3.63) is 24.0 Å². The van der Waals surface area contributed by atoms with Gasteiger partial charge in [0, 0.05) is 31.7 Å². The first kappa shape index (κ1) is 19.9. The fraction of sp³-hybridized carbons (Fsp3) is 0.714. The van der Waals surface area contributed by atoms with Crippen LogP contribution in [0.3, 0.4) is 0 Å². The molecule has 0 atom stereocenters. The van der Waals surface area contributed by atoms with Crippen molar-refractivity contribution in [1.82, 2.24) is 14.8 Å². The summed E-state index contributed by atoms with van der Waals surface area (Å²) < 4.78 is 11.6. The Hall–Kier alpha value is -1.82. The highest BCUT2D eigenvalue weighted by Gasteiger charge is 2.29. The lowest BCUT2D eigenvalue weighted by Gasteiger charge is -2.33. The zero-order valence-corrected chi connectivity index (χ0v) is 16.9. The van der Waals surface area contributed by atoms with Crippen LogP contribution in [0.25, 0.3) is 0 Å². The minimum Gasteiger partial charge on any atom is -0.490 e. The first-order chi connectivity index (χ1) is 12.9. The van der Waals surface area contributed by atoms with E-state index in [1.54, 1.807) is 4.90 Å². The molecule has 6 heteroatoms. The van der Waals surface area contributed by atoms with Gasteiger partial charge in [-0.05, 0) is 71.7 Å². The smallest absolute Gasteiger partial charge is 0.410 e. The lowest BCUT2D eigenvalue weighted by molar-refractivity contribution is 0.0203. The normalized spacial score (nSPS) is 19.3. The highest BCUT2D eigenvalue weighted by molar-refractivity contribution is 5.68. The first-order valence-electron chi connectivity index (χ1n) is 10.2. The lowest BCUT2D eigenvalue weighted by Crippen LogP contribution is -2.41. The van der Waals surface area contributed by atoms with Gasteiger partial charge in [-0.3, -0.25) is 9.88 Å². The predicted molar refractivity (Wildman–Crippen MR) is 105 cm³/mol. The average Bonchev–Trinajstić information content (AvgIpc) is 3.14. The summed E-state index contributed by atoms with van der Waals surface area (Å²) in [5.41, 5.74) is 0.577. The molecule has 6 nitrogen and oxygen atoms in total. The van der Waals surface area contributed by atoms with Crippen molar-refractivity contribution >= 4 is 6.09 Å². The monoisotopic (exact) mass is 375 g/mol. The van der Waals surface area contributed by atoms with E-state index in [9.17, 15) is 4.79 Å². The molecule has 3 heterocycles. The van der Waals surface area contributed by atoms with Crippen molar-refractivity contribution in [2.45, 2.75) is 58.0 Å². The summed E-state index contributed by atoms with van der Waals surface area (Å²) in [4.78, 5) is 21.1. The van der Waals surface area contributed by atoms with Crippen molar-refractivity contribution in [3.63, 3.8) is 0 Å². The highest BCUT2D eigenvalue weighted by atomic mass is 16.6. The van der Waals surface area contributed by atoms with Crippen molar-refractivity contribution in [2.75, 3.05) is 39.3 Å². The molecule has 0 radical (unpaired) electrons. The van der Waals surface area contributed by atoms with Crippen molar-refractivity contribution in [1.29, 1.82) is 0 Å². The van der Waals surface area contributed by atoms with Crippen LogP contribution in [0.2, 0.25) is 0 Å². The van der Waals surface area contributed by atoms with Crippen LogP contribution >= 0.6 is 0 Å². The summed E-state index contributed by atoms with van der Waals surface area (Å²) in [5.74, 6) is 1.22. The second kappa shape index (κ2) is 8.91. The maximum atomic E-state index is 12.2. The largest absolute Gasteiger partial charge is 0.490 e. The summed E-state index contributed by atoms with van der Waals surface area (Å²) in [7, 11) is 0. The minimum absolute atomic E-state index is 0.218. The van der Waals surface area contributed by atoms with E-state index in [2.05, 4.69) is 9.88 Å². The third kappa shape index (κ3) is 5.83. The molecule has 2 aliphatic heterocycles. The number of ether oxygens (including phenoxy) is 2. The number of nitrogens with zero attached hydrogens (tertiary/aromatic N) is 3. The molecule has 150 valence electrons. The van der Waals surface area contributed by atoms with Crippen LogP contribution in [0.5, 0.6) is 5.75 Å². The molecule has 2 fully saturated rings. The van der Waals surface area contributed by atoms with Crippen LogP contribution < -0.4 is 4.74 Å². The molecular formula is C21H33N3O3. The zero-order valence-electron chi connectivity index (χ0n) is 16.9. The quantitative estimate of drug-likeness (QED) is 0.786. The van der Waals surface area contributed by atoms with Gasteiger partial charge in [0.25, 0.3) is 0 Å². The third-order valence-corrected chi connectivity index (χ3v) is 5.20. The SMILES string of the molecule is CC(C)(C)OC(=O)N1CCC(c2ncccc2OCCN2CCCC2)CC1. The Kier molecular flexibility index (Phi) is 6.58. The van der Waals surface area contributed by atoms with Crippen LogP contribution in [0.4, 0.5) is 4.79 Å². The number of pyridine rings is 1. The van der Waals surface area contributed by atoms with Crippen LogP contribution in [0.1, 0.15) is 58.1 Å². The van der Waals surface area contributed by atoms with E-state index in [0.29, 0.717) is 25.6 Å². The number of likely N-dealkylation sites (tertiary alicyclic amines) is 2. The molecule has 27 heavy (non-hydrogen) atoms. The first-order valence-corrected chi connectivity index (χ1v) is 10.2. The number of hydrogen-bond acceptors (Lipinski definition) is 5. The number of aromatic nitrogens is 1. The number of piperidine rings is 1. The number of rotatable bonds is 5. The molecule has 1 amide bonds. The number of amides is 1. The summed E-state index contributed by atoms with van der Waals surface area (Å²) in [6, 6.07) is 3.96. The Bertz CT molecular complexity index is 615. The average molecular weight is 376 g/mol. The molecular weight excluding hydrogens is 342 g/mol. The summed E-state index contributed by atoms with van der Waals surface area (Å²) in [6.07, 6.45) is 5.99. The van der Waals surface area contributed by atoms with Crippen molar-refractivity contribution in [2.24, 2.45) is 0 Å². The van der Waals surface area contributed by atoms with E-state index in [4.69, 9.17) is 9.47 Å². The minimum atomic E-state index is -0.453. The predicted octanol–water partition coefficient (Wildman–Crippen LogP) is 3.67. The Labute approximate surface area is 162 Å². The van der Waals surface area contributed by atoms with E-state index in [-0.39, 0.29) is 6.09 Å². The van der Waals surface area contributed by atoms with Crippen LogP contribution in [0.15, 0.2) is 18.3 Å². The van der Waals surface area contributed by atoms with Gasteiger partial charge in [0.05, 0.1) is 5.69 Å². The van der Waals surface area contributed by atoms with Crippen LogP contribution in [-0.2, 0) is 4.74 Å². The number of hydrogen-bond donors (Lipinski definition) is 0. The van der Waals surface area contributed by atoms with Crippen LogP contribution in [0, 0.1) is 0 Å². The summed E-state index contributed by atoms with van der Waals surface area (Å²) >= 11 is 0. The number of carbonyl (C=O) groups excluding carboxylic acids is 1. The fourth-order valence-electron chi connectivity index (χ4n) is 3.78. The van der Waals surface area contributed by atoms with E-state index in [0.717, 1.165) is 30.8 Å². The fourth-order valence-corrected chi connectivity index (χ4v) is 3.78. The Morgan fingerprint density at radius 3 is 2.56 bits per heavy atom. The topological polar surface area (TPSA) is 54.9 Å². The highest BCUT2D eigenvalue weighted by Crippen LogP contribution is 2.33. The van der Waals surface area contributed by atoms with Gasteiger partial charge in [0.15, 0.2) is 0 Å². The molecule has 2 saturated heterocycles. The maximum Gasteiger partial charge on any atom is 0.410 e. The maximum absolute atomic E-state index is 12.2. The Balaban J connectivity index is 1.52.